The summed E-state index contributed by atoms with van der Waals surface area (Å²) in [4.78, 5) is 16.4. The van der Waals surface area contributed by atoms with Gasteiger partial charge in [-0.05, 0) is 36.1 Å². The zero-order valence-electron chi connectivity index (χ0n) is 13.0. The van der Waals surface area contributed by atoms with Gasteiger partial charge in [-0.25, -0.2) is 0 Å². The SMILES string of the molecule is CCc1ccc(CC(=O)NC(CO)c2ccccc2C)nc1. The van der Waals surface area contributed by atoms with Crippen molar-refractivity contribution in [3.8, 4) is 0 Å². The van der Waals surface area contributed by atoms with Gasteiger partial charge >= 0.3 is 0 Å². The van der Waals surface area contributed by atoms with Gasteiger partial charge in [-0.3, -0.25) is 9.78 Å². The van der Waals surface area contributed by atoms with Crippen molar-refractivity contribution in [3.05, 3.63) is 65.0 Å². The van der Waals surface area contributed by atoms with E-state index in [1.807, 2.05) is 43.3 Å². The third-order valence-corrected chi connectivity index (χ3v) is 3.72. The van der Waals surface area contributed by atoms with Gasteiger partial charge in [-0.15, -0.1) is 0 Å². The van der Waals surface area contributed by atoms with E-state index in [1.54, 1.807) is 6.20 Å². The van der Waals surface area contributed by atoms with Gasteiger partial charge in [0.25, 0.3) is 0 Å². The van der Waals surface area contributed by atoms with E-state index in [0.717, 1.165) is 28.8 Å². The minimum Gasteiger partial charge on any atom is -0.394 e. The number of benzene rings is 1. The predicted octanol–water partition coefficient (Wildman–Crippen LogP) is 2.34. The molecule has 1 amide bonds. The molecule has 0 spiro atoms. The molecule has 0 radical (unpaired) electrons. The summed E-state index contributed by atoms with van der Waals surface area (Å²) >= 11 is 0. The lowest BCUT2D eigenvalue weighted by atomic mass is 10.0. The Kier molecular flexibility index (Phi) is 5.67. The maximum Gasteiger partial charge on any atom is 0.226 e. The Morgan fingerprint density at radius 2 is 2.05 bits per heavy atom. The molecule has 4 nitrogen and oxygen atoms in total. The molecule has 1 aromatic carbocycles. The van der Waals surface area contributed by atoms with Crippen LogP contribution < -0.4 is 5.32 Å². The molecule has 1 aromatic heterocycles. The average molecular weight is 298 g/mol. The van der Waals surface area contributed by atoms with Gasteiger partial charge in [-0.1, -0.05) is 37.3 Å². The van der Waals surface area contributed by atoms with E-state index < -0.39 is 0 Å². The highest BCUT2D eigenvalue weighted by Gasteiger charge is 2.15. The number of carbonyl (C=O) groups excluding carboxylic acids is 1. The minimum atomic E-state index is -0.386. The van der Waals surface area contributed by atoms with E-state index >= 15 is 0 Å². The topological polar surface area (TPSA) is 62.2 Å². The van der Waals surface area contributed by atoms with Crippen LogP contribution >= 0.6 is 0 Å². The van der Waals surface area contributed by atoms with Crippen LogP contribution in [0.3, 0.4) is 0 Å². The van der Waals surface area contributed by atoms with Gasteiger partial charge in [0.2, 0.25) is 5.91 Å². The highest BCUT2D eigenvalue weighted by Crippen LogP contribution is 2.17. The van der Waals surface area contributed by atoms with E-state index in [0.29, 0.717) is 0 Å². The van der Waals surface area contributed by atoms with E-state index in [9.17, 15) is 9.90 Å². The van der Waals surface area contributed by atoms with Crippen molar-refractivity contribution in [1.29, 1.82) is 0 Å². The van der Waals surface area contributed by atoms with Crippen molar-refractivity contribution >= 4 is 5.91 Å². The van der Waals surface area contributed by atoms with Crippen LogP contribution in [0.1, 0.15) is 35.3 Å². The first-order valence-corrected chi connectivity index (χ1v) is 7.53. The number of amides is 1. The molecule has 1 atom stereocenters. The number of pyridine rings is 1. The average Bonchev–Trinajstić information content (AvgIpc) is 2.54. The first kappa shape index (κ1) is 16.2. The number of nitrogens with one attached hydrogen (secondary N) is 1. The number of nitrogens with zero attached hydrogens (tertiary/aromatic N) is 1. The molecule has 0 fully saturated rings. The number of carbonyl (C=O) groups is 1. The maximum atomic E-state index is 12.2. The van der Waals surface area contributed by atoms with Crippen LogP contribution in [0.5, 0.6) is 0 Å². The van der Waals surface area contributed by atoms with Gasteiger partial charge in [-0.2, -0.15) is 0 Å². The smallest absolute Gasteiger partial charge is 0.226 e. The Morgan fingerprint density at radius 1 is 1.27 bits per heavy atom. The van der Waals surface area contributed by atoms with Crippen LogP contribution in [0.25, 0.3) is 0 Å². The lowest BCUT2D eigenvalue weighted by Crippen LogP contribution is -2.32. The number of aromatic nitrogens is 1. The standard InChI is InChI=1S/C18H22N2O2/c1-3-14-8-9-15(19-11-14)10-18(22)20-17(12-21)16-7-5-4-6-13(16)2/h4-9,11,17,21H,3,10,12H2,1-2H3,(H,20,22). The molecule has 1 unspecified atom stereocenters. The lowest BCUT2D eigenvalue weighted by molar-refractivity contribution is -0.121. The van der Waals surface area contributed by atoms with Crippen molar-refractivity contribution in [2.45, 2.75) is 32.7 Å². The maximum absolute atomic E-state index is 12.2. The summed E-state index contributed by atoms with van der Waals surface area (Å²) in [5.74, 6) is -0.140. The zero-order chi connectivity index (χ0) is 15.9. The van der Waals surface area contributed by atoms with E-state index in [1.165, 1.54) is 0 Å². The molecule has 4 heteroatoms. The third kappa shape index (κ3) is 4.15. The Morgan fingerprint density at radius 3 is 2.64 bits per heavy atom. The van der Waals surface area contributed by atoms with Crippen molar-refractivity contribution in [2.75, 3.05) is 6.61 Å². The van der Waals surface area contributed by atoms with Crippen molar-refractivity contribution in [1.82, 2.24) is 10.3 Å². The molecule has 0 aliphatic heterocycles. The number of hydrogen-bond donors (Lipinski definition) is 2. The first-order valence-electron chi connectivity index (χ1n) is 7.53. The second-order valence-electron chi connectivity index (χ2n) is 5.35. The summed E-state index contributed by atoms with van der Waals surface area (Å²) in [7, 11) is 0. The highest BCUT2D eigenvalue weighted by molar-refractivity contribution is 5.78. The third-order valence-electron chi connectivity index (χ3n) is 3.72. The zero-order valence-corrected chi connectivity index (χ0v) is 13.0. The molecule has 2 aromatic rings. The Labute approximate surface area is 131 Å². The highest BCUT2D eigenvalue weighted by atomic mass is 16.3. The van der Waals surface area contributed by atoms with Crippen molar-refractivity contribution < 1.29 is 9.90 Å². The van der Waals surface area contributed by atoms with E-state index in [2.05, 4.69) is 17.2 Å². The Bertz CT molecular complexity index is 623. The summed E-state index contributed by atoms with van der Waals surface area (Å²) in [5.41, 5.74) is 3.87. The van der Waals surface area contributed by atoms with Crippen LogP contribution in [0.2, 0.25) is 0 Å². The molecule has 22 heavy (non-hydrogen) atoms. The van der Waals surface area contributed by atoms with E-state index in [-0.39, 0.29) is 25.0 Å². The molecular weight excluding hydrogens is 276 g/mol. The fourth-order valence-corrected chi connectivity index (χ4v) is 2.38. The van der Waals surface area contributed by atoms with Gasteiger partial charge < -0.3 is 10.4 Å². The molecular formula is C18H22N2O2. The minimum absolute atomic E-state index is 0.126. The molecule has 116 valence electrons. The molecule has 0 saturated carbocycles. The summed E-state index contributed by atoms with van der Waals surface area (Å²) in [6, 6.07) is 11.2. The van der Waals surface area contributed by atoms with Crippen molar-refractivity contribution in [3.63, 3.8) is 0 Å². The second kappa shape index (κ2) is 7.71. The number of rotatable bonds is 6. The molecule has 0 bridgehead atoms. The van der Waals surface area contributed by atoms with Gasteiger partial charge in [0.05, 0.1) is 19.1 Å². The summed E-state index contributed by atoms with van der Waals surface area (Å²) in [6.07, 6.45) is 2.94. The molecule has 2 N–H and O–H groups in total. The number of aryl methyl sites for hydroxylation is 2. The molecule has 1 heterocycles. The lowest BCUT2D eigenvalue weighted by Gasteiger charge is -2.18. The summed E-state index contributed by atoms with van der Waals surface area (Å²) in [5, 5.41) is 12.4. The largest absolute Gasteiger partial charge is 0.394 e. The van der Waals surface area contributed by atoms with Crippen LogP contribution in [-0.2, 0) is 17.6 Å². The predicted molar refractivity (Wildman–Crippen MR) is 86.5 cm³/mol. The summed E-state index contributed by atoms with van der Waals surface area (Å²) < 4.78 is 0. The van der Waals surface area contributed by atoms with Gasteiger partial charge in [0.1, 0.15) is 0 Å². The number of aliphatic hydroxyl groups excluding tert-OH is 1. The van der Waals surface area contributed by atoms with E-state index in [4.69, 9.17) is 0 Å². The van der Waals surface area contributed by atoms with Crippen LogP contribution in [0, 0.1) is 6.92 Å². The fourth-order valence-electron chi connectivity index (χ4n) is 2.38. The Hall–Kier alpha value is -2.20. The monoisotopic (exact) mass is 298 g/mol. The normalized spacial score (nSPS) is 12.0. The first-order chi connectivity index (χ1) is 10.6. The van der Waals surface area contributed by atoms with Gasteiger partial charge in [0.15, 0.2) is 0 Å². The fraction of sp³-hybridized carbons (Fsp3) is 0.333. The number of hydrogen-bond acceptors (Lipinski definition) is 3. The molecule has 2 rings (SSSR count). The van der Waals surface area contributed by atoms with Crippen LogP contribution in [0.4, 0.5) is 0 Å². The van der Waals surface area contributed by atoms with Gasteiger partial charge in [0, 0.05) is 11.9 Å². The second-order valence-corrected chi connectivity index (χ2v) is 5.35. The molecule has 0 aliphatic carbocycles. The quantitative estimate of drug-likeness (QED) is 0.860. The number of aliphatic hydroxyl groups is 1. The summed E-state index contributed by atoms with van der Waals surface area (Å²) in [6.45, 7) is 3.91. The molecule has 0 aliphatic rings. The molecule has 0 saturated heterocycles. The van der Waals surface area contributed by atoms with Crippen molar-refractivity contribution in [2.24, 2.45) is 0 Å². The Balaban J connectivity index is 2.01. The van der Waals surface area contributed by atoms with Crippen LogP contribution in [0.15, 0.2) is 42.6 Å². The van der Waals surface area contributed by atoms with Crippen LogP contribution in [-0.4, -0.2) is 22.6 Å².